The average Bonchev–Trinajstić information content (AvgIpc) is 2.05. The van der Waals surface area contributed by atoms with E-state index in [1.165, 1.54) is 35.5 Å². The minimum absolute atomic E-state index is 1.24. The van der Waals surface area contributed by atoms with Gasteiger partial charge in [0.2, 0.25) is 0 Å². The summed E-state index contributed by atoms with van der Waals surface area (Å²) in [4.78, 5) is 0. The van der Waals surface area contributed by atoms with Crippen molar-refractivity contribution < 1.29 is 0 Å². The number of hydrogen-bond donors (Lipinski definition) is 0. The van der Waals surface area contributed by atoms with Gasteiger partial charge in [-0.2, -0.15) is 0 Å². The van der Waals surface area contributed by atoms with Gasteiger partial charge in [-0.05, 0) is 61.2 Å². The minimum atomic E-state index is 1.24. The van der Waals surface area contributed by atoms with Crippen molar-refractivity contribution in [3.8, 4) is 0 Å². The van der Waals surface area contributed by atoms with Crippen LogP contribution in [0, 0.1) is 35.5 Å². The first-order valence-corrected chi connectivity index (χ1v) is 4.97. The second-order valence-corrected chi connectivity index (χ2v) is 4.96. The SMILES string of the molecule is C1C[C@H]2C3CCC4C1C3C42. The van der Waals surface area contributed by atoms with Crippen LogP contribution in [-0.2, 0) is 0 Å². The zero-order valence-corrected chi connectivity index (χ0v) is 6.29. The third-order valence-corrected chi connectivity index (χ3v) is 5.19. The monoisotopic (exact) mass is 134 g/mol. The molecule has 0 N–H and O–H groups in total. The first kappa shape index (κ1) is 4.79. The van der Waals surface area contributed by atoms with Gasteiger partial charge < -0.3 is 0 Å². The van der Waals surface area contributed by atoms with Crippen LogP contribution in [0.2, 0.25) is 0 Å². The second-order valence-electron chi connectivity index (χ2n) is 4.96. The molecule has 6 atom stereocenters. The van der Waals surface area contributed by atoms with E-state index in [0.717, 1.165) is 0 Å². The molecule has 5 unspecified atom stereocenters. The van der Waals surface area contributed by atoms with Gasteiger partial charge in [0, 0.05) is 0 Å². The van der Waals surface area contributed by atoms with Crippen molar-refractivity contribution in [2.45, 2.75) is 25.7 Å². The Hall–Kier alpha value is 0. The molecule has 7 aliphatic rings. The van der Waals surface area contributed by atoms with Crippen molar-refractivity contribution in [1.82, 2.24) is 0 Å². The zero-order valence-electron chi connectivity index (χ0n) is 6.29. The van der Waals surface area contributed by atoms with Gasteiger partial charge in [-0.25, -0.2) is 0 Å². The van der Waals surface area contributed by atoms with Crippen molar-refractivity contribution in [3.05, 3.63) is 0 Å². The smallest absolute Gasteiger partial charge is 0.0318 e. The molecule has 0 radical (unpaired) electrons. The maximum Gasteiger partial charge on any atom is -0.0318 e. The molecule has 0 nitrogen and oxygen atoms in total. The molecule has 0 saturated heterocycles. The Morgan fingerprint density at radius 2 is 0.800 bits per heavy atom. The largest absolute Gasteiger partial charge is 0.0496 e. The molecule has 6 bridgehead atoms. The summed E-state index contributed by atoms with van der Waals surface area (Å²) in [7, 11) is 0. The quantitative estimate of drug-likeness (QED) is 0.477. The van der Waals surface area contributed by atoms with Crippen molar-refractivity contribution >= 4 is 0 Å². The fraction of sp³-hybridized carbons (Fsp3) is 1.00. The van der Waals surface area contributed by atoms with Crippen LogP contribution in [0.25, 0.3) is 0 Å². The highest BCUT2D eigenvalue weighted by molar-refractivity contribution is 5.18. The lowest BCUT2D eigenvalue weighted by Gasteiger charge is -2.77. The Morgan fingerprint density at radius 3 is 1.00 bits per heavy atom. The lowest BCUT2D eigenvalue weighted by molar-refractivity contribution is -0.286. The molecule has 7 aliphatic carbocycles. The predicted octanol–water partition coefficient (Wildman–Crippen LogP) is 2.30. The molecule has 0 heterocycles. The van der Waals surface area contributed by atoms with Crippen LogP contribution >= 0.6 is 0 Å². The lowest BCUT2D eigenvalue weighted by Crippen LogP contribution is -2.71. The molecule has 7 fully saturated rings. The standard InChI is InChI=1S/C10H14/c1-2-6-8-4-3-7-5(1)9(8)10(6)7/h5-10H,1-4H2/t5-,6?,7?,8?,9?,10?/m0/s1. The van der Waals surface area contributed by atoms with E-state index in [9.17, 15) is 0 Å². The van der Waals surface area contributed by atoms with Gasteiger partial charge in [0.25, 0.3) is 0 Å². The summed E-state index contributed by atoms with van der Waals surface area (Å²) in [5.41, 5.74) is 0. The Morgan fingerprint density at radius 1 is 0.500 bits per heavy atom. The van der Waals surface area contributed by atoms with E-state index in [2.05, 4.69) is 0 Å². The number of rotatable bonds is 0. The van der Waals surface area contributed by atoms with Crippen LogP contribution in [0.1, 0.15) is 25.7 Å². The van der Waals surface area contributed by atoms with E-state index in [4.69, 9.17) is 0 Å². The Labute approximate surface area is 62.0 Å². The summed E-state index contributed by atoms with van der Waals surface area (Å²) in [6.45, 7) is 0. The van der Waals surface area contributed by atoms with Crippen LogP contribution in [-0.4, -0.2) is 0 Å². The molecule has 7 rings (SSSR count). The Bertz CT molecular complexity index is 131. The predicted molar refractivity (Wildman–Crippen MR) is 39.4 cm³/mol. The molecule has 0 aromatic heterocycles. The fourth-order valence-corrected chi connectivity index (χ4v) is 5.02. The molecule has 10 heavy (non-hydrogen) atoms. The highest BCUT2D eigenvalue weighted by Crippen LogP contribution is 2.76. The molecule has 0 spiro atoms. The summed E-state index contributed by atoms with van der Waals surface area (Å²) >= 11 is 0. The average molecular weight is 134 g/mol. The number of hydrogen-bond acceptors (Lipinski definition) is 0. The molecule has 0 aromatic carbocycles. The van der Waals surface area contributed by atoms with Gasteiger partial charge in [-0.3, -0.25) is 0 Å². The first-order valence-electron chi connectivity index (χ1n) is 4.97. The first-order chi connectivity index (χ1) is 4.97. The fourth-order valence-electron chi connectivity index (χ4n) is 5.02. The molecule has 7 saturated carbocycles. The summed E-state index contributed by atoms with van der Waals surface area (Å²) in [6, 6.07) is 0. The van der Waals surface area contributed by atoms with Crippen LogP contribution in [0.4, 0.5) is 0 Å². The van der Waals surface area contributed by atoms with E-state index >= 15 is 0 Å². The van der Waals surface area contributed by atoms with Gasteiger partial charge >= 0.3 is 0 Å². The van der Waals surface area contributed by atoms with Crippen LogP contribution < -0.4 is 0 Å². The van der Waals surface area contributed by atoms with Gasteiger partial charge in [0.15, 0.2) is 0 Å². The Balaban J connectivity index is 1.87. The zero-order chi connectivity index (χ0) is 6.29. The normalized spacial score (nSPS) is 74.4. The molecular formula is C10H14. The highest BCUT2D eigenvalue weighted by atomic mass is 14.7. The second kappa shape index (κ2) is 1.19. The molecule has 0 amide bonds. The Kier molecular flexibility index (Phi) is 0.570. The van der Waals surface area contributed by atoms with E-state index in [0.29, 0.717) is 0 Å². The van der Waals surface area contributed by atoms with E-state index in [1.807, 2.05) is 0 Å². The summed E-state index contributed by atoms with van der Waals surface area (Å²) in [6.07, 6.45) is 6.47. The third-order valence-electron chi connectivity index (χ3n) is 5.19. The highest BCUT2D eigenvalue weighted by Gasteiger charge is 2.70. The molecule has 0 aliphatic heterocycles. The van der Waals surface area contributed by atoms with E-state index < -0.39 is 0 Å². The van der Waals surface area contributed by atoms with Crippen molar-refractivity contribution in [3.63, 3.8) is 0 Å². The summed E-state index contributed by atoms with van der Waals surface area (Å²) in [5, 5.41) is 0. The maximum absolute atomic E-state index is 1.62. The molecular weight excluding hydrogens is 120 g/mol. The molecule has 0 heteroatoms. The number of fused-ring (bicyclic) bond motifs is 1. The van der Waals surface area contributed by atoms with Gasteiger partial charge in [0.1, 0.15) is 0 Å². The van der Waals surface area contributed by atoms with Crippen molar-refractivity contribution in [1.29, 1.82) is 0 Å². The van der Waals surface area contributed by atoms with Crippen LogP contribution in [0.3, 0.4) is 0 Å². The topological polar surface area (TPSA) is 0 Å². The maximum atomic E-state index is 1.62. The van der Waals surface area contributed by atoms with Crippen molar-refractivity contribution in [2.24, 2.45) is 35.5 Å². The lowest BCUT2D eigenvalue weighted by atomic mass is 9.28. The van der Waals surface area contributed by atoms with E-state index in [-0.39, 0.29) is 0 Å². The van der Waals surface area contributed by atoms with Crippen molar-refractivity contribution in [2.75, 3.05) is 0 Å². The van der Waals surface area contributed by atoms with Crippen LogP contribution in [0.5, 0.6) is 0 Å². The minimum Gasteiger partial charge on any atom is -0.0496 e. The summed E-state index contributed by atoms with van der Waals surface area (Å²) < 4.78 is 0. The van der Waals surface area contributed by atoms with Crippen LogP contribution in [0.15, 0.2) is 0 Å². The third kappa shape index (κ3) is 0.271. The van der Waals surface area contributed by atoms with E-state index in [1.54, 1.807) is 25.7 Å². The van der Waals surface area contributed by atoms with Gasteiger partial charge in [-0.15, -0.1) is 0 Å². The molecule has 0 aromatic rings. The summed E-state index contributed by atoms with van der Waals surface area (Å²) in [5.74, 6) is 7.53. The van der Waals surface area contributed by atoms with Gasteiger partial charge in [0.05, 0.1) is 0 Å². The molecule has 54 valence electrons. The van der Waals surface area contributed by atoms with Gasteiger partial charge in [-0.1, -0.05) is 0 Å².